The van der Waals surface area contributed by atoms with Crippen LogP contribution >= 0.6 is 11.8 Å². The van der Waals surface area contributed by atoms with Crippen molar-refractivity contribution in [2.75, 3.05) is 31.3 Å². The average molecular weight is 397 g/mol. The molecule has 0 spiro atoms. The Hall–Kier alpha value is -2.39. The number of carbonyl (C=O) groups is 1. The molecule has 2 aromatic rings. The number of methoxy groups -OCH3 is 2. The maximum atomic E-state index is 13.1. The van der Waals surface area contributed by atoms with E-state index in [0.717, 1.165) is 9.20 Å². The van der Waals surface area contributed by atoms with Gasteiger partial charge in [0.25, 0.3) is 10.0 Å². The lowest BCUT2D eigenvalue weighted by Crippen LogP contribution is -2.36. The number of carboxylic acids is 1. The van der Waals surface area contributed by atoms with Gasteiger partial charge in [-0.15, -0.1) is 11.8 Å². The molecule has 7 nitrogen and oxygen atoms in total. The number of nitrogens with zero attached hydrogens (tertiary/aromatic N) is 1. The SMILES string of the molecule is COc1ccc(OC)c(N(CC(=O)O)S(=O)(=O)c2ccc(SC)cc2)c1. The Morgan fingerprint density at radius 1 is 1.12 bits per heavy atom. The highest BCUT2D eigenvalue weighted by atomic mass is 32.2. The highest BCUT2D eigenvalue weighted by molar-refractivity contribution is 7.98. The summed E-state index contributed by atoms with van der Waals surface area (Å²) in [5.41, 5.74) is 0.0863. The van der Waals surface area contributed by atoms with Crippen molar-refractivity contribution in [3.05, 3.63) is 42.5 Å². The van der Waals surface area contributed by atoms with Crippen LogP contribution in [0.3, 0.4) is 0 Å². The van der Waals surface area contributed by atoms with Crippen LogP contribution < -0.4 is 13.8 Å². The first-order valence-corrected chi connectivity index (χ1v) is 10.1. The van der Waals surface area contributed by atoms with E-state index in [1.165, 1.54) is 50.2 Å². The smallest absolute Gasteiger partial charge is 0.324 e. The van der Waals surface area contributed by atoms with E-state index in [9.17, 15) is 18.3 Å². The van der Waals surface area contributed by atoms with Gasteiger partial charge in [0.1, 0.15) is 18.0 Å². The van der Waals surface area contributed by atoms with Gasteiger partial charge in [-0.1, -0.05) is 0 Å². The van der Waals surface area contributed by atoms with Crippen molar-refractivity contribution in [3.63, 3.8) is 0 Å². The van der Waals surface area contributed by atoms with Crippen molar-refractivity contribution in [2.45, 2.75) is 9.79 Å². The predicted octanol–water partition coefficient (Wildman–Crippen LogP) is 2.71. The minimum absolute atomic E-state index is 0.0126. The lowest BCUT2D eigenvalue weighted by molar-refractivity contribution is -0.135. The van der Waals surface area contributed by atoms with Gasteiger partial charge in [-0.05, 0) is 42.7 Å². The van der Waals surface area contributed by atoms with E-state index in [1.807, 2.05) is 6.26 Å². The molecular weight excluding hydrogens is 378 g/mol. The minimum atomic E-state index is -4.12. The topological polar surface area (TPSA) is 93.1 Å². The normalized spacial score (nSPS) is 11.0. The molecule has 0 aliphatic heterocycles. The number of benzene rings is 2. The van der Waals surface area contributed by atoms with E-state index in [0.29, 0.717) is 5.75 Å². The summed E-state index contributed by atoms with van der Waals surface area (Å²) in [5, 5.41) is 9.25. The van der Waals surface area contributed by atoms with Crippen LogP contribution in [0.4, 0.5) is 5.69 Å². The average Bonchev–Trinajstić information content (AvgIpc) is 2.65. The maximum absolute atomic E-state index is 13.1. The number of hydrogen-bond donors (Lipinski definition) is 1. The summed E-state index contributed by atoms with van der Waals surface area (Å²) < 4.78 is 37.3. The third-order valence-electron chi connectivity index (χ3n) is 3.58. The molecule has 2 rings (SSSR count). The molecule has 0 aromatic heterocycles. The van der Waals surface area contributed by atoms with E-state index in [1.54, 1.807) is 18.2 Å². The van der Waals surface area contributed by atoms with Gasteiger partial charge in [0.15, 0.2) is 0 Å². The number of carboxylic acid groups (broad SMARTS) is 1. The molecule has 9 heteroatoms. The van der Waals surface area contributed by atoms with Gasteiger partial charge >= 0.3 is 5.97 Å². The summed E-state index contributed by atoms with van der Waals surface area (Å²) in [6.45, 7) is -0.754. The molecule has 1 N–H and O–H groups in total. The van der Waals surface area contributed by atoms with Gasteiger partial charge in [-0.3, -0.25) is 9.10 Å². The van der Waals surface area contributed by atoms with E-state index in [-0.39, 0.29) is 16.3 Å². The van der Waals surface area contributed by atoms with Gasteiger partial charge in [-0.2, -0.15) is 0 Å². The van der Waals surface area contributed by atoms with Crippen LogP contribution in [-0.2, 0) is 14.8 Å². The fraction of sp³-hybridized carbons (Fsp3) is 0.235. The Kier molecular flexibility index (Phi) is 6.38. The molecule has 140 valence electrons. The third kappa shape index (κ3) is 4.23. The molecule has 0 aliphatic rings. The Morgan fingerprint density at radius 3 is 2.27 bits per heavy atom. The first kappa shape index (κ1) is 19.9. The van der Waals surface area contributed by atoms with Crippen molar-refractivity contribution in [1.82, 2.24) is 0 Å². The summed E-state index contributed by atoms with van der Waals surface area (Å²) in [7, 11) is -1.31. The van der Waals surface area contributed by atoms with E-state index < -0.39 is 22.5 Å². The zero-order chi connectivity index (χ0) is 19.3. The van der Waals surface area contributed by atoms with Gasteiger partial charge in [0.2, 0.25) is 0 Å². The Balaban J connectivity index is 2.61. The number of rotatable bonds is 8. The Bertz CT molecular complexity index is 881. The van der Waals surface area contributed by atoms with Crippen molar-refractivity contribution < 1.29 is 27.8 Å². The number of aliphatic carboxylic acids is 1. The summed E-state index contributed by atoms with van der Waals surface area (Å²) in [6, 6.07) is 10.8. The Morgan fingerprint density at radius 2 is 1.77 bits per heavy atom. The molecular formula is C17H19NO6S2. The summed E-state index contributed by atoms with van der Waals surface area (Å²) >= 11 is 1.48. The summed E-state index contributed by atoms with van der Waals surface area (Å²) in [4.78, 5) is 12.2. The molecule has 0 atom stereocenters. The van der Waals surface area contributed by atoms with E-state index >= 15 is 0 Å². The minimum Gasteiger partial charge on any atom is -0.497 e. The van der Waals surface area contributed by atoms with Crippen LogP contribution in [0.2, 0.25) is 0 Å². The monoisotopic (exact) mass is 397 g/mol. The van der Waals surface area contributed by atoms with Crippen molar-refractivity contribution in [1.29, 1.82) is 0 Å². The molecule has 0 saturated carbocycles. The van der Waals surface area contributed by atoms with Crippen LogP contribution in [0.15, 0.2) is 52.3 Å². The van der Waals surface area contributed by atoms with Crippen LogP contribution in [0.1, 0.15) is 0 Å². The number of hydrogen-bond acceptors (Lipinski definition) is 6. The van der Waals surface area contributed by atoms with Gasteiger partial charge in [0, 0.05) is 11.0 Å². The molecule has 0 amide bonds. The highest BCUT2D eigenvalue weighted by Crippen LogP contribution is 2.35. The second-order valence-corrected chi connectivity index (χ2v) is 7.86. The molecule has 0 radical (unpaired) electrons. The van der Waals surface area contributed by atoms with Gasteiger partial charge < -0.3 is 14.6 Å². The van der Waals surface area contributed by atoms with E-state index in [2.05, 4.69) is 0 Å². The number of anilines is 1. The molecule has 0 aliphatic carbocycles. The van der Waals surface area contributed by atoms with E-state index in [4.69, 9.17) is 9.47 Å². The predicted molar refractivity (Wildman–Crippen MR) is 99.9 cm³/mol. The zero-order valence-corrected chi connectivity index (χ0v) is 16.1. The quantitative estimate of drug-likeness (QED) is 0.685. The second kappa shape index (κ2) is 8.33. The third-order valence-corrected chi connectivity index (χ3v) is 6.10. The summed E-state index contributed by atoms with van der Waals surface area (Å²) in [5.74, 6) is -0.695. The van der Waals surface area contributed by atoms with Crippen LogP contribution in [0.5, 0.6) is 11.5 Å². The van der Waals surface area contributed by atoms with Gasteiger partial charge in [-0.25, -0.2) is 8.42 Å². The largest absolute Gasteiger partial charge is 0.497 e. The molecule has 0 bridgehead atoms. The summed E-state index contributed by atoms with van der Waals surface area (Å²) in [6.07, 6.45) is 1.88. The van der Waals surface area contributed by atoms with Crippen LogP contribution in [0, 0.1) is 0 Å². The van der Waals surface area contributed by atoms with Crippen LogP contribution in [-0.4, -0.2) is 46.5 Å². The van der Waals surface area contributed by atoms with Crippen molar-refractivity contribution >= 4 is 33.4 Å². The van der Waals surface area contributed by atoms with Crippen LogP contribution in [0.25, 0.3) is 0 Å². The molecule has 0 unspecified atom stereocenters. The molecule has 26 heavy (non-hydrogen) atoms. The lowest BCUT2D eigenvalue weighted by Gasteiger charge is -2.25. The maximum Gasteiger partial charge on any atom is 0.324 e. The first-order valence-electron chi connectivity index (χ1n) is 7.44. The molecule has 0 heterocycles. The van der Waals surface area contributed by atoms with Crippen molar-refractivity contribution in [2.24, 2.45) is 0 Å². The molecule has 0 saturated heterocycles. The molecule has 0 fully saturated rings. The van der Waals surface area contributed by atoms with Gasteiger partial charge in [0.05, 0.1) is 24.8 Å². The first-order chi connectivity index (χ1) is 12.3. The number of sulfonamides is 1. The fourth-order valence-corrected chi connectivity index (χ4v) is 4.11. The number of ether oxygens (including phenoxy) is 2. The highest BCUT2D eigenvalue weighted by Gasteiger charge is 2.29. The standard InChI is InChI=1S/C17H19NO6S2/c1-23-12-4-9-16(24-2)15(10-12)18(11-17(19)20)26(21,22)14-7-5-13(25-3)6-8-14/h4-10H,11H2,1-3H3,(H,19,20). The fourth-order valence-electron chi connectivity index (χ4n) is 2.29. The lowest BCUT2D eigenvalue weighted by atomic mass is 10.2. The Labute approximate surface area is 156 Å². The number of thioether (sulfide) groups is 1. The van der Waals surface area contributed by atoms with Crippen molar-refractivity contribution in [3.8, 4) is 11.5 Å². The zero-order valence-electron chi connectivity index (χ0n) is 14.5. The molecule has 2 aromatic carbocycles. The second-order valence-electron chi connectivity index (χ2n) is 5.12.